The van der Waals surface area contributed by atoms with E-state index in [0.29, 0.717) is 0 Å². The molecule has 0 saturated heterocycles. The van der Waals surface area contributed by atoms with Crippen LogP contribution in [0.1, 0.15) is 0 Å². The van der Waals surface area contributed by atoms with E-state index in [4.69, 9.17) is 4.80 Å². The number of hydrogen-bond acceptors (Lipinski definition) is 3. The van der Waals surface area contributed by atoms with Gasteiger partial charge in [0.05, 0.1) is 0 Å². The van der Waals surface area contributed by atoms with Crippen LogP contribution in [-0.2, 0) is 10.4 Å². The predicted octanol–water partition coefficient (Wildman–Crippen LogP) is -1.19. The van der Waals surface area contributed by atoms with Crippen LogP contribution in [0, 0.1) is 38.5 Å². The number of hydrogen-bond donors (Lipinski definition) is 1. The molecule has 0 saturated carbocycles. The third kappa shape index (κ3) is 4.90. The minimum absolute atomic E-state index is 0.998. The molecule has 0 aliphatic heterocycles. The Kier molecular flexibility index (Phi) is 4.68. The maximum absolute atomic E-state index is 9.44. The van der Waals surface area contributed by atoms with Crippen LogP contribution in [0.25, 0.3) is 0 Å². The predicted molar refractivity (Wildman–Crippen MR) is 10.8 cm³/mol. The molecule has 6 heavy (non-hydrogen) atoms. The van der Waals surface area contributed by atoms with E-state index in [1.54, 1.807) is 0 Å². The van der Waals surface area contributed by atoms with Gasteiger partial charge in [-0.15, -0.1) is 0 Å². The van der Waals surface area contributed by atoms with E-state index in [2.05, 4.69) is 5.90 Å². The summed E-state index contributed by atoms with van der Waals surface area (Å²) in [6.45, 7) is 0. The zero-order chi connectivity index (χ0) is 4.99. The molecule has 0 rings (SSSR count). The summed E-state index contributed by atoms with van der Waals surface area (Å²) in [5, 5.41) is 0. The monoisotopic (exact) mass is 251 g/mol. The Morgan fingerprint density at radius 2 is 2.33 bits per heavy atom. The van der Waals surface area contributed by atoms with Crippen molar-refractivity contribution in [3.63, 3.8) is 0 Å². The van der Waals surface area contributed by atoms with Crippen LogP contribution in [0.15, 0.2) is 0 Å². The summed E-state index contributed by atoms with van der Waals surface area (Å²) in [5.74, 6) is 0. The van der Waals surface area contributed by atoms with Gasteiger partial charge in [-0.25, -0.2) is 0 Å². The van der Waals surface area contributed by atoms with Gasteiger partial charge in [0.1, 0.15) is 0 Å². The molecule has 0 radical (unpaired) electrons. The Bertz CT molecular complexity index is 51.5. The molecular weight excluding hydrogens is 249 g/mol. The first-order valence-corrected chi connectivity index (χ1v) is 3.13. The van der Waals surface area contributed by atoms with Crippen LogP contribution in [0.2, 0.25) is 0 Å². The van der Waals surface area contributed by atoms with Crippen molar-refractivity contribution in [3.05, 3.63) is 0 Å². The van der Waals surface area contributed by atoms with Gasteiger partial charge >= 0.3 is 62.8 Å². The molecule has 0 aromatic rings. The van der Waals surface area contributed by atoms with Gasteiger partial charge in [0.25, 0.3) is 0 Å². The molecule has 0 unspecified atom stereocenters. The van der Waals surface area contributed by atoms with Crippen LogP contribution in [-0.4, -0.2) is 14.0 Å². The molecule has 0 aliphatic carbocycles. The Hall–Kier alpha value is 0.902. The molecule has 4 nitrogen and oxygen atoms in total. The van der Waals surface area contributed by atoms with Crippen LogP contribution in [0.5, 0.6) is 0 Å². The fourth-order valence-electron chi connectivity index (χ4n) is 0.0252. The molecule has 0 aliphatic rings. The van der Waals surface area contributed by atoms with Gasteiger partial charge in [-0.2, -0.15) is 0 Å². The summed E-state index contributed by atoms with van der Waals surface area (Å²) in [4.78, 5) is 7.76. The van der Waals surface area contributed by atoms with E-state index < -0.39 is 9.17 Å². The van der Waals surface area contributed by atoms with Gasteiger partial charge in [0, 0.05) is 0 Å². The quantitative estimate of drug-likeness (QED) is 0.380. The standard InChI is InChI=1S/Gd.H2O4Si/c;1-4-5(2)3/h;1-2H/q+1;/p-1. The van der Waals surface area contributed by atoms with Crippen molar-refractivity contribution in [2.75, 3.05) is 0 Å². The minimum atomic E-state index is -2.85. The molecule has 0 aromatic carbocycles. The SMILES string of the molecule is O=[Si](O)O[O][Gd]. The summed E-state index contributed by atoms with van der Waals surface area (Å²) in [5.41, 5.74) is 0. The third-order valence-electron chi connectivity index (χ3n) is 0.101. The molecule has 1 N–H and O–H groups in total. The van der Waals surface area contributed by atoms with E-state index in [9.17, 15) is 4.46 Å². The Labute approximate surface area is 62.3 Å². The van der Waals surface area contributed by atoms with Crippen molar-refractivity contribution in [2.45, 2.75) is 0 Å². The van der Waals surface area contributed by atoms with E-state index in [-0.39, 0.29) is 0 Å². The second-order valence-corrected chi connectivity index (χ2v) is 1.48. The summed E-state index contributed by atoms with van der Waals surface area (Å²) < 4.78 is 16.9. The summed E-state index contributed by atoms with van der Waals surface area (Å²) in [6.07, 6.45) is 0. The fourth-order valence-corrected chi connectivity index (χ4v) is 0.561. The molecule has 0 aromatic heterocycles. The Morgan fingerprint density at radius 1 is 1.83 bits per heavy atom. The van der Waals surface area contributed by atoms with Crippen molar-refractivity contribution in [1.29, 1.82) is 0 Å². The molecule has 6 heteroatoms. The topological polar surface area (TPSA) is 55.8 Å². The van der Waals surface area contributed by atoms with Crippen molar-refractivity contribution < 1.29 is 53.7 Å². The van der Waals surface area contributed by atoms with Crippen molar-refractivity contribution in [2.24, 2.45) is 0 Å². The first kappa shape index (κ1) is 6.90. The average molecular weight is 250 g/mol. The van der Waals surface area contributed by atoms with E-state index >= 15 is 0 Å². The Morgan fingerprint density at radius 3 is 2.33 bits per heavy atom. The van der Waals surface area contributed by atoms with Crippen molar-refractivity contribution in [1.82, 2.24) is 0 Å². The van der Waals surface area contributed by atoms with E-state index in [1.807, 2.05) is 0 Å². The third-order valence-corrected chi connectivity index (χ3v) is 0.869. The van der Waals surface area contributed by atoms with Gasteiger partial charge in [-0.05, 0) is 0 Å². The second-order valence-electron chi connectivity index (χ2n) is 0.408. The summed E-state index contributed by atoms with van der Waals surface area (Å²) in [6, 6.07) is 0. The van der Waals surface area contributed by atoms with E-state index in [0.717, 1.165) is 38.5 Å². The molecule has 0 spiro atoms. The zero-order valence-electron chi connectivity index (χ0n) is 2.53. The summed E-state index contributed by atoms with van der Waals surface area (Å²) in [7, 11) is -2.85. The molecule has 0 bridgehead atoms. The molecular formula is HGdO4Si. The van der Waals surface area contributed by atoms with Crippen LogP contribution >= 0.6 is 0 Å². The van der Waals surface area contributed by atoms with Gasteiger partial charge in [0.2, 0.25) is 0 Å². The van der Waals surface area contributed by atoms with Crippen molar-refractivity contribution >= 4 is 9.17 Å². The zero-order valence-corrected chi connectivity index (χ0v) is 5.79. The molecule has 0 atom stereocenters. The molecule has 37 valence electrons. The molecule has 0 amide bonds. The Balaban J connectivity index is 2.83. The van der Waals surface area contributed by atoms with Crippen LogP contribution in [0.3, 0.4) is 0 Å². The van der Waals surface area contributed by atoms with E-state index in [1.165, 1.54) is 0 Å². The van der Waals surface area contributed by atoms with Gasteiger partial charge in [-0.3, -0.25) is 0 Å². The average Bonchev–Trinajstić information content (AvgIpc) is 1.35. The van der Waals surface area contributed by atoms with Gasteiger partial charge in [0.15, 0.2) is 0 Å². The van der Waals surface area contributed by atoms with Crippen molar-refractivity contribution in [3.8, 4) is 0 Å². The van der Waals surface area contributed by atoms with Gasteiger partial charge in [-0.1, -0.05) is 0 Å². The first-order chi connectivity index (χ1) is 2.77. The van der Waals surface area contributed by atoms with Crippen LogP contribution in [0.4, 0.5) is 0 Å². The maximum atomic E-state index is 9.44. The number of rotatable bonds is 2. The normalized spacial score (nSPS) is 7.50. The van der Waals surface area contributed by atoms with Gasteiger partial charge < -0.3 is 0 Å². The summed E-state index contributed by atoms with van der Waals surface area (Å²) >= 11 is 0.998. The van der Waals surface area contributed by atoms with Crippen LogP contribution < -0.4 is 0 Å². The molecule has 0 fully saturated rings. The fraction of sp³-hybridized carbons (Fsp3) is 0. The second kappa shape index (κ2) is 4.07. The molecule has 0 heterocycles. The first-order valence-electron chi connectivity index (χ1n) is 0.943.